The molecule has 0 aromatic carbocycles. The van der Waals surface area contributed by atoms with E-state index < -0.39 is 22.3 Å². The Morgan fingerprint density at radius 2 is 1.07 bits per heavy atom. The molecular weight excluding hydrogens is 415 g/mol. The summed E-state index contributed by atoms with van der Waals surface area (Å²) in [4.78, 5) is 18.8. The molecule has 0 aliphatic carbocycles. The summed E-state index contributed by atoms with van der Waals surface area (Å²) < 4.78 is 34.1. The molecule has 0 aliphatic rings. The SMILES string of the molecule is O=C([O-])/C=C\C(=O)[O-].O=S(=O)([O-])[O-].[Pb+4]. The van der Waals surface area contributed by atoms with Crippen LogP contribution in [0.2, 0.25) is 0 Å². The van der Waals surface area contributed by atoms with Crippen molar-refractivity contribution in [1.82, 2.24) is 0 Å². The van der Waals surface area contributed by atoms with Gasteiger partial charge in [0.15, 0.2) is 0 Å². The molecule has 0 N–H and O–H groups in total. The number of rotatable bonds is 2. The van der Waals surface area contributed by atoms with E-state index >= 15 is 0 Å². The van der Waals surface area contributed by atoms with Crippen LogP contribution in [0, 0.1) is 0 Å². The predicted octanol–water partition coefficient (Wildman–Crippen LogP) is -4.68. The van der Waals surface area contributed by atoms with E-state index in [0.717, 1.165) is 0 Å². The van der Waals surface area contributed by atoms with Gasteiger partial charge in [0, 0.05) is 10.4 Å². The summed E-state index contributed by atoms with van der Waals surface area (Å²) in [7, 11) is -5.17. The first-order valence-corrected chi connectivity index (χ1v) is 3.73. The van der Waals surface area contributed by atoms with Crippen LogP contribution in [-0.2, 0) is 20.0 Å². The number of carbonyl (C=O) groups is 2. The van der Waals surface area contributed by atoms with Crippen molar-refractivity contribution in [2.45, 2.75) is 0 Å². The first-order valence-electron chi connectivity index (χ1n) is 2.39. The third kappa shape index (κ3) is 62.9. The van der Waals surface area contributed by atoms with Gasteiger partial charge in [-0.15, -0.1) is 0 Å². The molecule has 0 spiro atoms. The van der Waals surface area contributed by atoms with E-state index in [1.807, 2.05) is 0 Å². The fourth-order valence-electron chi connectivity index (χ4n) is 0.136. The van der Waals surface area contributed by atoms with Gasteiger partial charge in [0.1, 0.15) is 0 Å². The number of carboxylic acids is 2. The normalized spacial score (nSPS) is 9.57. The average molecular weight is 417 g/mol. The van der Waals surface area contributed by atoms with Crippen LogP contribution in [-0.4, -0.2) is 56.8 Å². The maximum atomic E-state index is 9.41. The maximum absolute atomic E-state index is 9.41. The fourth-order valence-corrected chi connectivity index (χ4v) is 0.136. The van der Waals surface area contributed by atoms with Gasteiger partial charge in [-0.05, 0) is 12.2 Å². The van der Waals surface area contributed by atoms with Crippen LogP contribution >= 0.6 is 0 Å². The minimum absolute atomic E-state index is 0. The van der Waals surface area contributed by atoms with E-state index in [1.165, 1.54) is 0 Å². The second-order valence-electron chi connectivity index (χ2n) is 1.38. The molecule has 0 amide bonds. The Bertz CT molecular complexity index is 279. The van der Waals surface area contributed by atoms with Crippen molar-refractivity contribution in [2.75, 3.05) is 0 Å². The molecule has 8 nitrogen and oxygen atoms in total. The van der Waals surface area contributed by atoms with Gasteiger partial charge < -0.3 is 28.9 Å². The summed E-state index contributed by atoms with van der Waals surface area (Å²) in [6.45, 7) is 0. The van der Waals surface area contributed by atoms with Crippen molar-refractivity contribution in [2.24, 2.45) is 0 Å². The second kappa shape index (κ2) is 9.04. The Morgan fingerprint density at radius 1 is 0.929 bits per heavy atom. The third-order valence-electron chi connectivity index (χ3n) is 0.355. The molecule has 0 atom stereocenters. The molecule has 0 rings (SSSR count). The molecule has 0 heterocycles. The smallest absolute Gasteiger partial charge is 0.759 e. The van der Waals surface area contributed by atoms with E-state index in [2.05, 4.69) is 0 Å². The van der Waals surface area contributed by atoms with Crippen molar-refractivity contribution in [3.8, 4) is 0 Å². The molecule has 76 valence electrons. The zero-order chi connectivity index (χ0) is 11.1. The molecule has 0 saturated heterocycles. The summed E-state index contributed by atoms with van der Waals surface area (Å²) in [5, 5.41) is 18.8. The van der Waals surface area contributed by atoms with Crippen LogP contribution < -0.4 is 10.2 Å². The Kier molecular flexibility index (Phi) is 12.3. The number of carbonyl (C=O) groups excluding carboxylic acids is 2. The van der Waals surface area contributed by atoms with Crippen molar-refractivity contribution in [3.05, 3.63) is 12.2 Å². The molecule has 0 saturated carbocycles. The molecule has 0 radical (unpaired) electrons. The van der Waals surface area contributed by atoms with Crippen LogP contribution in [0.3, 0.4) is 0 Å². The second-order valence-corrected chi connectivity index (χ2v) is 2.20. The molecule has 0 fully saturated rings. The summed E-state index contributed by atoms with van der Waals surface area (Å²) in [5.41, 5.74) is 0. The number of hydrogen-bond donors (Lipinski definition) is 0. The molecule has 0 aliphatic heterocycles. The van der Waals surface area contributed by atoms with E-state index in [9.17, 15) is 19.8 Å². The van der Waals surface area contributed by atoms with E-state index in [0.29, 0.717) is 12.2 Å². The summed E-state index contributed by atoms with van der Waals surface area (Å²) in [6.07, 6.45) is 0.769. The Hall–Kier alpha value is -0.528. The van der Waals surface area contributed by atoms with Gasteiger partial charge >= 0.3 is 27.3 Å². The third-order valence-corrected chi connectivity index (χ3v) is 0.355. The Labute approximate surface area is 99.0 Å². The molecular formula is C4H2O8PbS. The average Bonchev–Trinajstić information content (AvgIpc) is 1.79. The van der Waals surface area contributed by atoms with Crippen LogP contribution in [0.1, 0.15) is 0 Å². The van der Waals surface area contributed by atoms with Crippen LogP contribution in [0.5, 0.6) is 0 Å². The molecule has 0 aromatic heterocycles. The molecule has 10 heteroatoms. The fraction of sp³-hybridized carbons (Fsp3) is 0. The van der Waals surface area contributed by atoms with E-state index in [4.69, 9.17) is 17.5 Å². The molecule has 14 heavy (non-hydrogen) atoms. The van der Waals surface area contributed by atoms with Crippen molar-refractivity contribution in [1.29, 1.82) is 0 Å². The largest absolute Gasteiger partial charge is 4.00 e. The van der Waals surface area contributed by atoms with Crippen molar-refractivity contribution >= 4 is 49.6 Å². The Balaban J connectivity index is -0.000000177. The van der Waals surface area contributed by atoms with Crippen molar-refractivity contribution < 1.29 is 37.3 Å². The van der Waals surface area contributed by atoms with Crippen molar-refractivity contribution in [3.63, 3.8) is 0 Å². The summed E-state index contributed by atoms with van der Waals surface area (Å²) in [5.74, 6) is -3.09. The number of aliphatic carboxylic acids is 2. The first-order chi connectivity index (χ1) is 5.63. The van der Waals surface area contributed by atoms with Crippen LogP contribution in [0.25, 0.3) is 0 Å². The predicted molar refractivity (Wildman–Crippen MR) is 35.4 cm³/mol. The number of carboxylic acid groups (broad SMARTS) is 2. The summed E-state index contributed by atoms with van der Waals surface area (Å²) in [6, 6.07) is 0. The molecule has 0 aromatic rings. The summed E-state index contributed by atoms with van der Waals surface area (Å²) >= 11 is 0. The number of hydrogen-bond acceptors (Lipinski definition) is 8. The first kappa shape index (κ1) is 19.1. The van der Waals surface area contributed by atoms with E-state index in [1.54, 1.807) is 0 Å². The van der Waals surface area contributed by atoms with Gasteiger partial charge in [0.2, 0.25) is 0 Å². The van der Waals surface area contributed by atoms with Gasteiger partial charge in [0.25, 0.3) is 0 Å². The minimum Gasteiger partial charge on any atom is -0.759 e. The minimum atomic E-state index is -5.17. The monoisotopic (exact) mass is 418 g/mol. The quantitative estimate of drug-likeness (QED) is 0.187. The van der Waals surface area contributed by atoms with Crippen LogP contribution in [0.15, 0.2) is 12.2 Å². The zero-order valence-corrected chi connectivity index (χ0v) is 11.0. The molecule has 0 bridgehead atoms. The van der Waals surface area contributed by atoms with Crippen LogP contribution in [0.4, 0.5) is 0 Å². The van der Waals surface area contributed by atoms with Gasteiger partial charge in [-0.3, -0.25) is 8.42 Å². The van der Waals surface area contributed by atoms with Gasteiger partial charge in [-0.1, -0.05) is 0 Å². The van der Waals surface area contributed by atoms with Gasteiger partial charge in [-0.25, -0.2) is 0 Å². The Morgan fingerprint density at radius 3 is 1.14 bits per heavy atom. The molecule has 0 unspecified atom stereocenters. The van der Waals surface area contributed by atoms with E-state index in [-0.39, 0.29) is 27.3 Å². The maximum Gasteiger partial charge on any atom is 4.00 e. The van der Waals surface area contributed by atoms with Gasteiger partial charge in [0.05, 0.1) is 11.9 Å². The zero-order valence-electron chi connectivity index (χ0n) is 6.33. The van der Waals surface area contributed by atoms with Gasteiger partial charge in [-0.2, -0.15) is 0 Å². The standard InChI is InChI=1S/C4H4O4.H2O4S.Pb/c5-3(6)1-2-4(7)8;1-5(2,3)4;/h1-2H,(H,5,6)(H,7,8);(H2,1,2,3,4);/q;;+4/p-4/b2-1-;;. The topological polar surface area (TPSA) is 161 Å².